The van der Waals surface area contributed by atoms with E-state index in [4.69, 9.17) is 27.9 Å². The van der Waals surface area contributed by atoms with Crippen molar-refractivity contribution < 1.29 is 22.7 Å². The Balaban J connectivity index is 1.56. The smallest absolute Gasteiger partial charge is 0.309 e. The van der Waals surface area contributed by atoms with Gasteiger partial charge in [0.05, 0.1) is 18.0 Å². The van der Waals surface area contributed by atoms with E-state index in [2.05, 4.69) is 10.6 Å². The lowest BCUT2D eigenvalue weighted by atomic mass is 10.2. The third kappa shape index (κ3) is 5.30. The van der Waals surface area contributed by atoms with Crippen LogP contribution in [0.5, 0.6) is 0 Å². The molecular weight excluding hydrogens is 453 g/mol. The fraction of sp³-hybridized carbons (Fsp3) is 0.263. The van der Waals surface area contributed by atoms with E-state index in [1.165, 1.54) is 24.3 Å². The minimum absolute atomic E-state index is 0.0613. The highest BCUT2D eigenvalue weighted by atomic mass is 35.5. The van der Waals surface area contributed by atoms with Crippen molar-refractivity contribution in [1.82, 2.24) is 14.9 Å². The number of hydrogen-bond acceptors (Lipinski definition) is 5. The molecule has 11 heteroatoms. The van der Waals surface area contributed by atoms with Crippen molar-refractivity contribution in [3.8, 4) is 0 Å². The van der Waals surface area contributed by atoms with Gasteiger partial charge in [-0.1, -0.05) is 41.4 Å². The fourth-order valence-corrected chi connectivity index (χ4v) is 4.68. The average molecular weight is 472 g/mol. The van der Waals surface area contributed by atoms with Gasteiger partial charge in [-0.15, -0.1) is 0 Å². The number of rotatable bonds is 6. The summed E-state index contributed by atoms with van der Waals surface area (Å²) in [6.45, 7) is 0.213. The first-order chi connectivity index (χ1) is 14.3. The molecule has 1 saturated heterocycles. The summed E-state index contributed by atoms with van der Waals surface area (Å²) in [5.41, 5.74) is 0.666. The van der Waals surface area contributed by atoms with Crippen LogP contribution in [0.25, 0.3) is 0 Å². The van der Waals surface area contributed by atoms with Gasteiger partial charge in [0, 0.05) is 23.1 Å². The number of hydrogen-bond donors (Lipinski definition) is 2. The standard InChI is InChI=1S/C19H19Cl2N3O5S/c20-14-5-7-15(8-6-14)30(27,28)24-9-10-29-17(24)12-23-19(26)18(25)22-11-13-3-1-2-4-16(13)21/h1-8,17H,9-12H2,(H,22,25)(H,23,26)/t17-/m0/s1. The third-order valence-corrected chi connectivity index (χ3v) is 6.93. The predicted octanol–water partition coefficient (Wildman–Crippen LogP) is 1.77. The molecule has 0 unspecified atom stereocenters. The van der Waals surface area contributed by atoms with E-state index in [9.17, 15) is 18.0 Å². The van der Waals surface area contributed by atoms with Gasteiger partial charge in [-0.3, -0.25) is 9.59 Å². The van der Waals surface area contributed by atoms with Crippen LogP contribution in [0.15, 0.2) is 53.4 Å². The van der Waals surface area contributed by atoms with Gasteiger partial charge in [-0.05, 0) is 35.9 Å². The van der Waals surface area contributed by atoms with Crippen molar-refractivity contribution in [2.24, 2.45) is 0 Å². The van der Waals surface area contributed by atoms with Gasteiger partial charge in [0.2, 0.25) is 10.0 Å². The first-order valence-electron chi connectivity index (χ1n) is 8.97. The Morgan fingerprint density at radius 3 is 2.40 bits per heavy atom. The Morgan fingerprint density at radius 1 is 1.03 bits per heavy atom. The van der Waals surface area contributed by atoms with Crippen LogP contribution in [0.1, 0.15) is 5.56 Å². The Morgan fingerprint density at radius 2 is 1.70 bits per heavy atom. The van der Waals surface area contributed by atoms with Crippen molar-refractivity contribution >= 4 is 45.0 Å². The lowest BCUT2D eigenvalue weighted by Gasteiger charge is -2.22. The van der Waals surface area contributed by atoms with Crippen LogP contribution in [0, 0.1) is 0 Å². The van der Waals surface area contributed by atoms with Crippen molar-refractivity contribution in [2.45, 2.75) is 17.7 Å². The van der Waals surface area contributed by atoms with E-state index >= 15 is 0 Å². The zero-order chi connectivity index (χ0) is 21.7. The molecule has 1 fully saturated rings. The zero-order valence-corrected chi connectivity index (χ0v) is 18.0. The lowest BCUT2D eigenvalue weighted by Crippen LogP contribution is -2.47. The van der Waals surface area contributed by atoms with Crippen LogP contribution in [0.2, 0.25) is 10.0 Å². The van der Waals surface area contributed by atoms with Gasteiger partial charge in [-0.2, -0.15) is 4.31 Å². The zero-order valence-electron chi connectivity index (χ0n) is 15.7. The molecule has 0 spiro atoms. The Bertz CT molecular complexity index is 1030. The Labute approximate surface area is 184 Å². The quantitative estimate of drug-likeness (QED) is 0.624. The second-order valence-electron chi connectivity index (χ2n) is 6.38. The summed E-state index contributed by atoms with van der Waals surface area (Å²) < 4.78 is 32.2. The molecule has 1 heterocycles. The topological polar surface area (TPSA) is 105 Å². The second kappa shape index (κ2) is 9.76. The van der Waals surface area contributed by atoms with E-state index < -0.39 is 28.1 Å². The summed E-state index contributed by atoms with van der Waals surface area (Å²) in [5, 5.41) is 5.76. The molecule has 2 amide bonds. The van der Waals surface area contributed by atoms with Gasteiger partial charge < -0.3 is 15.4 Å². The highest BCUT2D eigenvalue weighted by molar-refractivity contribution is 7.89. The maximum Gasteiger partial charge on any atom is 0.309 e. The maximum atomic E-state index is 12.8. The molecule has 1 atom stereocenters. The van der Waals surface area contributed by atoms with Gasteiger partial charge in [-0.25, -0.2) is 8.42 Å². The van der Waals surface area contributed by atoms with Crippen LogP contribution < -0.4 is 10.6 Å². The highest BCUT2D eigenvalue weighted by Gasteiger charge is 2.36. The number of sulfonamides is 1. The predicted molar refractivity (Wildman–Crippen MR) is 111 cm³/mol. The van der Waals surface area contributed by atoms with Crippen molar-refractivity contribution in [1.29, 1.82) is 0 Å². The van der Waals surface area contributed by atoms with Crippen LogP contribution in [-0.4, -0.2) is 50.5 Å². The molecule has 2 aromatic carbocycles. The SMILES string of the molecule is O=C(NCc1ccccc1Cl)C(=O)NC[C@@H]1OCCN1S(=O)(=O)c1ccc(Cl)cc1. The summed E-state index contributed by atoms with van der Waals surface area (Å²) >= 11 is 11.8. The summed E-state index contributed by atoms with van der Waals surface area (Å²) in [4.78, 5) is 24.1. The normalized spacial score (nSPS) is 16.9. The van der Waals surface area contributed by atoms with E-state index in [-0.39, 0.29) is 31.1 Å². The minimum Gasteiger partial charge on any atom is -0.359 e. The second-order valence-corrected chi connectivity index (χ2v) is 9.11. The fourth-order valence-electron chi connectivity index (χ4n) is 2.84. The molecule has 0 aliphatic carbocycles. The van der Waals surface area contributed by atoms with E-state index in [0.29, 0.717) is 15.6 Å². The summed E-state index contributed by atoms with van der Waals surface area (Å²) in [6, 6.07) is 12.7. The number of carbonyl (C=O) groups excluding carboxylic acids is 2. The molecule has 8 nitrogen and oxygen atoms in total. The molecule has 2 aromatic rings. The van der Waals surface area contributed by atoms with E-state index in [1.807, 2.05) is 0 Å². The Kier molecular flexibility index (Phi) is 7.32. The molecule has 2 N–H and O–H groups in total. The lowest BCUT2D eigenvalue weighted by molar-refractivity contribution is -0.139. The van der Waals surface area contributed by atoms with Crippen LogP contribution in [-0.2, 0) is 30.9 Å². The van der Waals surface area contributed by atoms with Crippen LogP contribution >= 0.6 is 23.2 Å². The average Bonchev–Trinajstić information content (AvgIpc) is 3.21. The Hall–Kier alpha value is -2.17. The molecular formula is C19H19Cl2N3O5S. The number of amides is 2. The first kappa shape index (κ1) is 22.5. The summed E-state index contributed by atoms with van der Waals surface area (Å²) in [5.74, 6) is -1.76. The summed E-state index contributed by atoms with van der Waals surface area (Å²) in [7, 11) is -3.84. The van der Waals surface area contributed by atoms with Crippen molar-refractivity contribution in [2.75, 3.05) is 19.7 Å². The number of carbonyl (C=O) groups is 2. The van der Waals surface area contributed by atoms with Gasteiger partial charge in [0.25, 0.3) is 0 Å². The van der Waals surface area contributed by atoms with Crippen molar-refractivity contribution in [3.63, 3.8) is 0 Å². The number of halogens is 2. The molecule has 0 radical (unpaired) electrons. The first-order valence-corrected chi connectivity index (χ1v) is 11.2. The monoisotopic (exact) mass is 471 g/mol. The van der Waals surface area contributed by atoms with E-state index in [1.54, 1.807) is 24.3 Å². The molecule has 160 valence electrons. The molecule has 0 bridgehead atoms. The van der Waals surface area contributed by atoms with Gasteiger partial charge in [0.15, 0.2) is 0 Å². The minimum atomic E-state index is -3.84. The number of benzene rings is 2. The number of nitrogens with zero attached hydrogens (tertiary/aromatic N) is 1. The summed E-state index contributed by atoms with van der Waals surface area (Å²) in [6.07, 6.45) is -0.925. The van der Waals surface area contributed by atoms with E-state index in [0.717, 1.165) is 4.31 Å². The third-order valence-electron chi connectivity index (χ3n) is 4.40. The molecule has 1 aliphatic heterocycles. The number of ether oxygens (including phenoxy) is 1. The van der Waals surface area contributed by atoms with Crippen molar-refractivity contribution in [3.05, 3.63) is 64.1 Å². The molecule has 30 heavy (non-hydrogen) atoms. The molecule has 0 saturated carbocycles. The largest absolute Gasteiger partial charge is 0.359 e. The maximum absolute atomic E-state index is 12.8. The van der Waals surface area contributed by atoms with Crippen LogP contribution in [0.4, 0.5) is 0 Å². The van der Waals surface area contributed by atoms with Gasteiger partial charge in [0.1, 0.15) is 6.23 Å². The van der Waals surface area contributed by atoms with Gasteiger partial charge >= 0.3 is 11.8 Å². The van der Waals surface area contributed by atoms with Crippen LogP contribution in [0.3, 0.4) is 0 Å². The molecule has 3 rings (SSSR count). The number of nitrogens with one attached hydrogen (secondary N) is 2. The highest BCUT2D eigenvalue weighted by Crippen LogP contribution is 2.23. The molecule has 1 aliphatic rings. The molecule has 0 aromatic heterocycles.